The number of halogens is 1. The number of hydrogen-bond donors (Lipinski definition) is 3. The molecule has 2 aromatic heterocycles. The van der Waals surface area contributed by atoms with Crippen LogP contribution in [0.1, 0.15) is 16.7 Å². The molecule has 0 saturated heterocycles. The molecule has 192 valence electrons. The van der Waals surface area contributed by atoms with Gasteiger partial charge in [-0.1, -0.05) is 24.3 Å². The Kier molecular flexibility index (Phi) is 6.42. The Hall–Kier alpha value is -4.92. The van der Waals surface area contributed by atoms with Gasteiger partial charge in [-0.2, -0.15) is 0 Å². The molecule has 0 radical (unpaired) electrons. The lowest BCUT2D eigenvalue weighted by Crippen LogP contribution is -2.43. The number of amides is 1. The standard InChI is InChI=1S/C29H22FNO7/c1-15-20-11-22-23(17-4-6-18(30)7-5-17)14-37-25(22)13-26(20)38-29(36)21(15)12-27(33)31-24(28(34)35)10-16-2-8-19(32)9-3-16/h2-9,11,13-14,24,32H,10,12H2,1H3,(H,31,33)(H,34,35)/t24-/m1/s1. The summed E-state index contributed by atoms with van der Waals surface area (Å²) in [6.45, 7) is 1.69. The fourth-order valence-electron chi connectivity index (χ4n) is 4.44. The van der Waals surface area contributed by atoms with E-state index >= 15 is 0 Å². The fraction of sp³-hybridized carbons (Fsp3) is 0.138. The van der Waals surface area contributed by atoms with Crippen molar-refractivity contribution < 1.29 is 33.0 Å². The first-order chi connectivity index (χ1) is 18.2. The number of aromatic hydroxyl groups is 1. The zero-order valence-electron chi connectivity index (χ0n) is 20.2. The van der Waals surface area contributed by atoms with Gasteiger partial charge in [-0.15, -0.1) is 0 Å². The van der Waals surface area contributed by atoms with Gasteiger partial charge in [0.2, 0.25) is 5.91 Å². The lowest BCUT2D eigenvalue weighted by Gasteiger charge is -2.15. The summed E-state index contributed by atoms with van der Waals surface area (Å²) in [7, 11) is 0. The number of hydrogen-bond acceptors (Lipinski definition) is 6. The van der Waals surface area contributed by atoms with Crippen molar-refractivity contribution in [2.24, 2.45) is 0 Å². The summed E-state index contributed by atoms with van der Waals surface area (Å²) in [6, 6.07) is 14.1. The molecule has 2 heterocycles. The second kappa shape index (κ2) is 9.85. The Bertz CT molecular complexity index is 1730. The fourth-order valence-corrected chi connectivity index (χ4v) is 4.44. The van der Waals surface area contributed by atoms with Crippen molar-refractivity contribution in [3.8, 4) is 16.9 Å². The normalized spacial score (nSPS) is 12.1. The molecule has 38 heavy (non-hydrogen) atoms. The molecule has 8 nitrogen and oxygen atoms in total. The number of carbonyl (C=O) groups is 2. The van der Waals surface area contributed by atoms with Crippen LogP contribution in [0.5, 0.6) is 5.75 Å². The van der Waals surface area contributed by atoms with E-state index in [9.17, 15) is 29.0 Å². The van der Waals surface area contributed by atoms with E-state index < -0.39 is 23.5 Å². The van der Waals surface area contributed by atoms with Crippen LogP contribution in [0.4, 0.5) is 4.39 Å². The van der Waals surface area contributed by atoms with Crippen molar-refractivity contribution in [1.29, 1.82) is 0 Å². The highest BCUT2D eigenvalue weighted by Crippen LogP contribution is 2.34. The molecule has 0 saturated carbocycles. The number of furan rings is 1. The molecule has 3 aromatic carbocycles. The minimum absolute atomic E-state index is 0.00268. The molecule has 5 rings (SSSR count). The molecular weight excluding hydrogens is 493 g/mol. The van der Waals surface area contributed by atoms with Crippen LogP contribution < -0.4 is 10.9 Å². The van der Waals surface area contributed by atoms with Crippen molar-refractivity contribution in [3.05, 3.63) is 99.9 Å². The zero-order valence-corrected chi connectivity index (χ0v) is 20.2. The highest BCUT2D eigenvalue weighted by molar-refractivity contribution is 6.02. The summed E-state index contributed by atoms with van der Waals surface area (Å²) >= 11 is 0. The van der Waals surface area contributed by atoms with E-state index in [0.29, 0.717) is 22.1 Å². The van der Waals surface area contributed by atoms with Crippen molar-refractivity contribution in [2.75, 3.05) is 0 Å². The second-order valence-electron chi connectivity index (χ2n) is 9.00. The van der Waals surface area contributed by atoms with E-state index in [4.69, 9.17) is 8.83 Å². The zero-order chi connectivity index (χ0) is 27.0. The van der Waals surface area contributed by atoms with Crippen molar-refractivity contribution in [2.45, 2.75) is 25.8 Å². The number of benzene rings is 3. The Labute approximate surface area is 214 Å². The number of carbonyl (C=O) groups excluding carboxylic acids is 1. The average molecular weight is 515 g/mol. The number of aliphatic carboxylic acids is 1. The number of fused-ring (bicyclic) bond motifs is 2. The van der Waals surface area contributed by atoms with Gasteiger partial charge in [-0.25, -0.2) is 14.0 Å². The van der Waals surface area contributed by atoms with Gasteiger partial charge >= 0.3 is 11.6 Å². The number of nitrogens with one attached hydrogen (secondary N) is 1. The molecule has 5 aromatic rings. The van der Waals surface area contributed by atoms with E-state index in [0.717, 1.165) is 16.5 Å². The van der Waals surface area contributed by atoms with Gasteiger partial charge in [0, 0.05) is 28.8 Å². The summed E-state index contributed by atoms with van der Waals surface area (Å²) in [6.07, 6.45) is 1.16. The maximum atomic E-state index is 13.4. The predicted octanol–water partition coefficient (Wildman–Crippen LogP) is 4.71. The van der Waals surface area contributed by atoms with Gasteiger partial charge in [0.25, 0.3) is 0 Å². The molecule has 0 unspecified atom stereocenters. The first-order valence-electron chi connectivity index (χ1n) is 11.7. The predicted molar refractivity (Wildman–Crippen MR) is 137 cm³/mol. The lowest BCUT2D eigenvalue weighted by molar-refractivity contribution is -0.141. The largest absolute Gasteiger partial charge is 0.508 e. The maximum Gasteiger partial charge on any atom is 0.340 e. The molecule has 0 aliphatic rings. The van der Waals surface area contributed by atoms with Crippen LogP contribution in [0.3, 0.4) is 0 Å². The molecule has 0 spiro atoms. The van der Waals surface area contributed by atoms with E-state index in [1.807, 2.05) is 0 Å². The van der Waals surface area contributed by atoms with Crippen molar-refractivity contribution in [1.82, 2.24) is 5.32 Å². The second-order valence-corrected chi connectivity index (χ2v) is 9.00. The number of phenols is 1. The molecular formula is C29H22FNO7. The molecule has 0 aliphatic heterocycles. The SMILES string of the molecule is Cc1c(CC(=O)N[C@H](Cc2ccc(O)cc2)C(=O)O)c(=O)oc2cc3occ(-c4ccc(F)cc4)c3cc12. The average Bonchev–Trinajstić information content (AvgIpc) is 3.29. The Morgan fingerprint density at radius 2 is 1.71 bits per heavy atom. The number of phenolic OH excluding ortho intramolecular Hbond substituents is 1. The van der Waals surface area contributed by atoms with E-state index in [2.05, 4.69) is 5.32 Å². The minimum atomic E-state index is -1.23. The van der Waals surface area contributed by atoms with E-state index in [1.165, 1.54) is 24.3 Å². The van der Waals surface area contributed by atoms with Gasteiger partial charge in [0.05, 0.1) is 18.2 Å². The first kappa shape index (κ1) is 24.8. The summed E-state index contributed by atoms with van der Waals surface area (Å²) < 4.78 is 24.5. The van der Waals surface area contributed by atoms with Crippen LogP contribution >= 0.6 is 0 Å². The summed E-state index contributed by atoms with van der Waals surface area (Å²) in [5.74, 6) is -2.20. The summed E-state index contributed by atoms with van der Waals surface area (Å²) in [4.78, 5) is 37.3. The van der Waals surface area contributed by atoms with Crippen LogP contribution in [-0.2, 0) is 22.4 Å². The third-order valence-corrected chi connectivity index (χ3v) is 6.48. The van der Waals surface area contributed by atoms with Gasteiger partial charge in [0.1, 0.15) is 28.8 Å². The van der Waals surface area contributed by atoms with Gasteiger partial charge in [-0.3, -0.25) is 4.79 Å². The molecule has 1 atom stereocenters. The van der Waals surface area contributed by atoms with Gasteiger partial charge in [-0.05, 0) is 53.9 Å². The van der Waals surface area contributed by atoms with Crippen molar-refractivity contribution >= 4 is 33.8 Å². The minimum Gasteiger partial charge on any atom is -0.508 e. The van der Waals surface area contributed by atoms with Gasteiger partial charge in [0.15, 0.2) is 0 Å². The van der Waals surface area contributed by atoms with Crippen LogP contribution in [0.15, 0.2) is 80.6 Å². The lowest BCUT2D eigenvalue weighted by atomic mass is 9.99. The van der Waals surface area contributed by atoms with E-state index in [1.54, 1.807) is 49.6 Å². The number of aryl methyl sites for hydroxylation is 1. The number of rotatable bonds is 7. The highest BCUT2D eigenvalue weighted by Gasteiger charge is 2.23. The van der Waals surface area contributed by atoms with Gasteiger partial charge < -0.3 is 24.4 Å². The van der Waals surface area contributed by atoms with Crippen LogP contribution in [-0.4, -0.2) is 28.1 Å². The van der Waals surface area contributed by atoms with Crippen LogP contribution in [0.25, 0.3) is 33.1 Å². The molecule has 0 fully saturated rings. The van der Waals surface area contributed by atoms with Crippen LogP contribution in [0, 0.1) is 12.7 Å². The summed E-state index contributed by atoms with van der Waals surface area (Å²) in [5, 5.41) is 22.8. The Balaban J connectivity index is 1.45. The summed E-state index contributed by atoms with van der Waals surface area (Å²) in [5.41, 5.74) is 2.75. The van der Waals surface area contributed by atoms with Crippen molar-refractivity contribution in [3.63, 3.8) is 0 Å². The molecule has 1 amide bonds. The molecule has 0 bridgehead atoms. The Morgan fingerprint density at radius 3 is 2.39 bits per heavy atom. The smallest absolute Gasteiger partial charge is 0.340 e. The quantitative estimate of drug-likeness (QED) is 0.268. The monoisotopic (exact) mass is 515 g/mol. The third kappa shape index (κ3) is 4.86. The molecule has 9 heteroatoms. The Morgan fingerprint density at radius 1 is 1.00 bits per heavy atom. The molecule has 3 N–H and O–H groups in total. The maximum absolute atomic E-state index is 13.4. The number of carboxylic acids is 1. The number of carboxylic acid groups (broad SMARTS) is 1. The first-order valence-corrected chi connectivity index (χ1v) is 11.7. The molecule has 0 aliphatic carbocycles. The van der Waals surface area contributed by atoms with Crippen LogP contribution in [0.2, 0.25) is 0 Å². The van der Waals surface area contributed by atoms with E-state index in [-0.39, 0.29) is 35.6 Å². The highest BCUT2D eigenvalue weighted by atomic mass is 19.1. The third-order valence-electron chi connectivity index (χ3n) is 6.48. The topological polar surface area (TPSA) is 130 Å².